The lowest BCUT2D eigenvalue weighted by Gasteiger charge is -2.29. The van der Waals surface area contributed by atoms with E-state index < -0.39 is 0 Å². The quantitative estimate of drug-likeness (QED) is 0.361. The van der Waals surface area contributed by atoms with Crippen LogP contribution in [0, 0.1) is 0 Å². The number of pyridine rings is 1. The highest BCUT2D eigenvalue weighted by Gasteiger charge is 2.23. The number of nitrogens with zero attached hydrogens (tertiary/aromatic N) is 3. The number of fused-ring (bicyclic) bond motifs is 2. The van der Waals surface area contributed by atoms with Gasteiger partial charge in [0, 0.05) is 29.4 Å². The minimum atomic E-state index is -0.242. The molecule has 0 spiro atoms. The first-order valence-corrected chi connectivity index (χ1v) is 9.79. The molecule has 1 aliphatic rings. The first kappa shape index (κ1) is 17.6. The Bertz CT molecular complexity index is 1230. The van der Waals surface area contributed by atoms with Crippen molar-refractivity contribution in [1.82, 2.24) is 25.1 Å². The van der Waals surface area contributed by atoms with Crippen LogP contribution in [0.5, 0.6) is 0 Å². The van der Waals surface area contributed by atoms with E-state index >= 15 is 0 Å². The molecule has 0 saturated heterocycles. The van der Waals surface area contributed by atoms with E-state index in [2.05, 4.69) is 35.8 Å². The van der Waals surface area contributed by atoms with Gasteiger partial charge in [-0.25, -0.2) is 4.98 Å². The first-order valence-electron chi connectivity index (χ1n) is 9.79. The number of rotatable bonds is 4. The van der Waals surface area contributed by atoms with Crippen LogP contribution in [-0.4, -0.2) is 37.2 Å². The molecule has 1 saturated carbocycles. The van der Waals surface area contributed by atoms with Gasteiger partial charge in [0.1, 0.15) is 11.2 Å². The molecule has 3 heterocycles. The van der Waals surface area contributed by atoms with Crippen molar-refractivity contribution in [3.8, 4) is 0 Å². The largest absolute Gasteiger partial charge is 0.350 e. The highest BCUT2D eigenvalue weighted by atomic mass is 16.1. The number of aromatic amines is 2. The molecule has 4 aromatic rings. The molecule has 29 heavy (non-hydrogen) atoms. The molecule has 0 amide bonds. The lowest BCUT2D eigenvalue weighted by Crippen LogP contribution is -2.43. The standard InChI is InChI=1S/C20H22N8O/c21-13-3-1-2-4-14(13)25-20-26-15-7-8-22-19(29)17(15)18(27-20)24-12-6-5-11-10-23-28-16(11)9-12/h5-10,13-14H,1-4,21H2,(H,22,29)(H,23,28)(H2,24,25,26,27)/t13-,14+/m0/s1. The average molecular weight is 390 g/mol. The van der Waals surface area contributed by atoms with Gasteiger partial charge in [0.25, 0.3) is 5.56 Å². The third-order valence-corrected chi connectivity index (χ3v) is 5.46. The summed E-state index contributed by atoms with van der Waals surface area (Å²) >= 11 is 0. The molecule has 9 nitrogen and oxygen atoms in total. The number of hydrogen-bond donors (Lipinski definition) is 5. The number of anilines is 3. The van der Waals surface area contributed by atoms with Crippen molar-refractivity contribution in [2.24, 2.45) is 5.73 Å². The van der Waals surface area contributed by atoms with Crippen LogP contribution < -0.4 is 21.9 Å². The number of nitrogens with two attached hydrogens (primary N) is 1. The molecule has 5 rings (SSSR count). The lowest BCUT2D eigenvalue weighted by atomic mass is 9.91. The Balaban J connectivity index is 1.55. The van der Waals surface area contributed by atoms with Gasteiger partial charge in [0.15, 0.2) is 0 Å². The maximum absolute atomic E-state index is 12.5. The van der Waals surface area contributed by atoms with Crippen LogP contribution in [0.1, 0.15) is 25.7 Å². The van der Waals surface area contributed by atoms with E-state index in [-0.39, 0.29) is 17.6 Å². The number of H-pyrrole nitrogens is 2. The molecule has 148 valence electrons. The van der Waals surface area contributed by atoms with E-state index in [4.69, 9.17) is 5.73 Å². The Morgan fingerprint density at radius 2 is 2.03 bits per heavy atom. The van der Waals surface area contributed by atoms with Crippen LogP contribution in [0.15, 0.2) is 41.5 Å². The Morgan fingerprint density at radius 3 is 2.93 bits per heavy atom. The van der Waals surface area contributed by atoms with Crippen LogP contribution in [0.4, 0.5) is 17.5 Å². The molecule has 9 heteroatoms. The van der Waals surface area contributed by atoms with Crippen LogP contribution in [-0.2, 0) is 0 Å². The van der Waals surface area contributed by atoms with Crippen molar-refractivity contribution in [2.75, 3.05) is 10.6 Å². The molecule has 0 bridgehead atoms. The molecule has 3 aromatic heterocycles. The third-order valence-electron chi connectivity index (χ3n) is 5.46. The molecule has 0 radical (unpaired) electrons. The zero-order valence-corrected chi connectivity index (χ0v) is 15.8. The van der Waals surface area contributed by atoms with Crippen LogP contribution in [0.2, 0.25) is 0 Å². The highest BCUT2D eigenvalue weighted by molar-refractivity contribution is 5.92. The topological polar surface area (TPSA) is 137 Å². The molecule has 2 atom stereocenters. The van der Waals surface area contributed by atoms with Gasteiger partial charge in [0.2, 0.25) is 5.95 Å². The summed E-state index contributed by atoms with van der Waals surface area (Å²) in [4.78, 5) is 24.4. The summed E-state index contributed by atoms with van der Waals surface area (Å²) in [7, 11) is 0. The van der Waals surface area contributed by atoms with Crippen molar-refractivity contribution in [3.63, 3.8) is 0 Å². The van der Waals surface area contributed by atoms with Gasteiger partial charge in [-0.05, 0) is 37.1 Å². The molecular weight excluding hydrogens is 368 g/mol. The van der Waals surface area contributed by atoms with Crippen LogP contribution in [0.25, 0.3) is 21.8 Å². The maximum Gasteiger partial charge on any atom is 0.261 e. The van der Waals surface area contributed by atoms with E-state index in [9.17, 15) is 4.79 Å². The van der Waals surface area contributed by atoms with Gasteiger partial charge in [-0.1, -0.05) is 12.8 Å². The maximum atomic E-state index is 12.5. The highest BCUT2D eigenvalue weighted by Crippen LogP contribution is 2.26. The Labute approximate surface area is 166 Å². The van der Waals surface area contributed by atoms with Gasteiger partial charge in [0.05, 0.1) is 17.2 Å². The summed E-state index contributed by atoms with van der Waals surface area (Å²) in [6.45, 7) is 0. The van der Waals surface area contributed by atoms with Gasteiger partial charge in [-0.15, -0.1) is 0 Å². The van der Waals surface area contributed by atoms with Crippen LogP contribution in [0.3, 0.4) is 0 Å². The summed E-state index contributed by atoms with van der Waals surface area (Å²) in [5.74, 6) is 0.915. The number of nitrogens with one attached hydrogen (secondary N) is 4. The third kappa shape index (κ3) is 3.40. The average Bonchev–Trinajstić information content (AvgIpc) is 3.17. The molecular formula is C20H22N8O. The Kier molecular flexibility index (Phi) is 4.36. The van der Waals surface area contributed by atoms with Gasteiger partial charge in [-0.2, -0.15) is 10.1 Å². The van der Waals surface area contributed by atoms with E-state index in [1.807, 2.05) is 18.2 Å². The monoisotopic (exact) mass is 390 g/mol. The smallest absolute Gasteiger partial charge is 0.261 e. The summed E-state index contributed by atoms with van der Waals surface area (Å²) in [6, 6.07) is 7.77. The lowest BCUT2D eigenvalue weighted by molar-refractivity contribution is 0.402. The summed E-state index contributed by atoms with van der Waals surface area (Å²) in [5, 5.41) is 15.1. The van der Waals surface area contributed by atoms with E-state index in [1.165, 1.54) is 0 Å². The fourth-order valence-electron chi connectivity index (χ4n) is 3.90. The summed E-state index contributed by atoms with van der Waals surface area (Å²) in [5.41, 5.74) is 8.29. The minimum absolute atomic E-state index is 0.0708. The summed E-state index contributed by atoms with van der Waals surface area (Å²) in [6.07, 6.45) is 7.61. The second-order valence-electron chi connectivity index (χ2n) is 7.46. The zero-order chi connectivity index (χ0) is 19.8. The number of benzene rings is 1. The van der Waals surface area contributed by atoms with Crippen molar-refractivity contribution in [2.45, 2.75) is 37.8 Å². The zero-order valence-electron chi connectivity index (χ0n) is 15.8. The fourth-order valence-corrected chi connectivity index (χ4v) is 3.90. The van der Waals surface area contributed by atoms with Crippen molar-refractivity contribution in [3.05, 3.63) is 47.0 Å². The summed E-state index contributed by atoms with van der Waals surface area (Å²) < 4.78 is 0. The van der Waals surface area contributed by atoms with Gasteiger partial charge < -0.3 is 21.4 Å². The van der Waals surface area contributed by atoms with E-state index in [0.29, 0.717) is 22.7 Å². The molecule has 1 aromatic carbocycles. The molecule has 6 N–H and O–H groups in total. The Hall–Kier alpha value is -3.46. The van der Waals surface area contributed by atoms with Crippen molar-refractivity contribution < 1.29 is 0 Å². The second-order valence-corrected chi connectivity index (χ2v) is 7.46. The first-order chi connectivity index (χ1) is 14.2. The van der Waals surface area contributed by atoms with Gasteiger partial charge >= 0.3 is 0 Å². The molecule has 0 aliphatic heterocycles. The number of aromatic nitrogens is 5. The minimum Gasteiger partial charge on any atom is -0.350 e. The second kappa shape index (κ2) is 7.17. The Morgan fingerprint density at radius 1 is 1.14 bits per heavy atom. The van der Waals surface area contributed by atoms with E-state index in [0.717, 1.165) is 42.3 Å². The molecule has 1 fully saturated rings. The van der Waals surface area contributed by atoms with E-state index in [1.54, 1.807) is 18.5 Å². The predicted octanol–water partition coefficient (Wildman–Crippen LogP) is 2.62. The molecule has 0 unspecified atom stereocenters. The van der Waals surface area contributed by atoms with Crippen molar-refractivity contribution in [1.29, 1.82) is 0 Å². The number of hydrogen-bond acceptors (Lipinski definition) is 7. The SMILES string of the molecule is N[C@H]1CCCC[C@H]1Nc1nc(Nc2ccc3cn[nH]c3c2)c2c(=O)[nH]ccc2n1. The molecule has 1 aliphatic carbocycles. The normalized spacial score (nSPS) is 19.5. The predicted molar refractivity (Wildman–Crippen MR) is 113 cm³/mol. The fraction of sp³-hybridized carbons (Fsp3) is 0.300. The van der Waals surface area contributed by atoms with Gasteiger partial charge in [-0.3, -0.25) is 9.89 Å². The van der Waals surface area contributed by atoms with Crippen LogP contribution >= 0.6 is 0 Å². The van der Waals surface area contributed by atoms with Crippen molar-refractivity contribution >= 4 is 39.3 Å².